The summed E-state index contributed by atoms with van der Waals surface area (Å²) in [6, 6.07) is 0. The Morgan fingerprint density at radius 3 is 1.44 bits per heavy atom. The van der Waals surface area contributed by atoms with Crippen LogP contribution in [0.4, 0.5) is 0 Å². The minimum absolute atomic E-state index is 0. The van der Waals surface area contributed by atoms with Gasteiger partial charge < -0.3 is 5.32 Å². The topological polar surface area (TPSA) is 14.1 Å². The van der Waals surface area contributed by atoms with Crippen molar-refractivity contribution in [2.75, 3.05) is 13.1 Å². The van der Waals surface area contributed by atoms with Crippen molar-refractivity contribution in [1.29, 1.82) is 0 Å². The van der Waals surface area contributed by atoms with Crippen LogP contribution >= 0.6 is 27.2 Å². The van der Waals surface area contributed by atoms with Gasteiger partial charge in [-0.2, -0.15) is 13.1 Å². The van der Waals surface area contributed by atoms with Crippen LogP contribution in [0, 0.1) is 0 Å². The van der Waals surface area contributed by atoms with E-state index in [1.54, 1.807) is 0 Å². The van der Waals surface area contributed by atoms with Gasteiger partial charge in [0.25, 0.3) is 0 Å². The molecule has 0 atom stereocenters. The first-order valence-corrected chi connectivity index (χ1v) is 10.3. The molecule has 0 saturated carbocycles. The van der Waals surface area contributed by atoms with Crippen LogP contribution in [0.15, 0.2) is 0 Å². The van der Waals surface area contributed by atoms with E-state index in [4.69, 9.17) is 0 Å². The van der Waals surface area contributed by atoms with Crippen molar-refractivity contribution in [3.63, 3.8) is 0 Å². The molecule has 62 valence electrons. The van der Waals surface area contributed by atoms with Gasteiger partial charge in [0, 0.05) is 19.5 Å². The summed E-state index contributed by atoms with van der Waals surface area (Å²) in [6.07, 6.45) is 0. The summed E-state index contributed by atoms with van der Waals surface area (Å²) in [5.41, 5.74) is 0. The van der Waals surface area contributed by atoms with Crippen LogP contribution in [-0.2, 0) is 32.7 Å². The molecule has 0 aromatic heterocycles. The van der Waals surface area contributed by atoms with Crippen LogP contribution in [0.1, 0.15) is 13.8 Å². The molecule has 0 aliphatic heterocycles. The van der Waals surface area contributed by atoms with Crippen LogP contribution in [0.25, 0.3) is 5.32 Å². The van der Waals surface area contributed by atoms with Gasteiger partial charge in [0.1, 0.15) is 0 Å². The molecule has 0 radical (unpaired) electrons. The van der Waals surface area contributed by atoms with E-state index < -0.39 is 0 Å². The number of nitrogens with zero attached hydrogens (tertiary/aromatic N) is 1. The molecule has 0 aliphatic rings. The van der Waals surface area contributed by atoms with E-state index in [0.717, 1.165) is 13.1 Å². The van der Waals surface area contributed by atoms with Gasteiger partial charge in [-0.3, -0.25) is 0 Å². The molecule has 0 heterocycles. The van der Waals surface area contributed by atoms with Gasteiger partial charge in [0.05, 0.1) is 0 Å². The summed E-state index contributed by atoms with van der Waals surface area (Å²) in [5.74, 6) is 0. The Kier molecular flexibility index (Phi) is 43.2. The number of rotatable bonds is 2. The fourth-order valence-corrected chi connectivity index (χ4v) is 0.224. The Bertz CT molecular complexity index is 30.5. The SMILES string of the molecule is CC[N-]CC.[Br][Ru][Br].[Ru]. The Labute approximate surface area is 91.2 Å². The summed E-state index contributed by atoms with van der Waals surface area (Å²) < 4.78 is 0. The molecule has 9 heavy (non-hydrogen) atoms. The monoisotopic (exact) mass is 434 g/mol. The van der Waals surface area contributed by atoms with Crippen LogP contribution < -0.4 is 0 Å². The summed E-state index contributed by atoms with van der Waals surface area (Å²) in [7, 11) is 0. The van der Waals surface area contributed by atoms with Gasteiger partial charge in [0.2, 0.25) is 0 Å². The molecule has 0 rings (SSSR count). The molecule has 0 aliphatic carbocycles. The van der Waals surface area contributed by atoms with Crippen molar-refractivity contribution in [2.45, 2.75) is 13.8 Å². The summed E-state index contributed by atoms with van der Waals surface area (Å²) in [4.78, 5) is 0. The quantitative estimate of drug-likeness (QED) is 0.594. The predicted octanol–water partition coefficient (Wildman–Crippen LogP) is 3.09. The van der Waals surface area contributed by atoms with Gasteiger partial charge in [-0.15, -0.1) is 0 Å². The Morgan fingerprint density at radius 2 is 1.44 bits per heavy atom. The number of hydrogen-bond donors (Lipinski definition) is 0. The molecule has 0 N–H and O–H groups in total. The van der Waals surface area contributed by atoms with Gasteiger partial charge in [-0.25, -0.2) is 0 Å². The summed E-state index contributed by atoms with van der Waals surface area (Å²) in [6.45, 7) is 6.03. The first-order chi connectivity index (χ1) is 3.83. The largest absolute Gasteiger partial charge is 0 e. The zero-order valence-corrected chi connectivity index (χ0v) is 12.0. The number of halogens is 2. The van der Waals surface area contributed by atoms with Crippen molar-refractivity contribution < 1.29 is 32.7 Å². The molecule has 0 amide bonds. The smallest absolute Gasteiger partial charge is 0 e. The molecule has 0 aromatic carbocycles. The molecule has 0 unspecified atom stereocenters. The van der Waals surface area contributed by atoms with Gasteiger partial charge in [-0.1, -0.05) is 13.8 Å². The van der Waals surface area contributed by atoms with E-state index in [1.807, 2.05) is 13.8 Å². The van der Waals surface area contributed by atoms with Crippen molar-refractivity contribution in [3.05, 3.63) is 5.32 Å². The van der Waals surface area contributed by atoms with E-state index in [-0.39, 0.29) is 19.5 Å². The molecule has 0 bridgehead atoms. The maximum Gasteiger partial charge on any atom is 0 e. The van der Waals surface area contributed by atoms with Gasteiger partial charge in [0.15, 0.2) is 0 Å². The minimum Gasteiger partial charge on any atom is 0 e. The van der Waals surface area contributed by atoms with Crippen LogP contribution in [0.2, 0.25) is 0 Å². The third kappa shape index (κ3) is 39.1. The van der Waals surface area contributed by atoms with E-state index in [1.165, 1.54) is 0 Å². The Hall–Kier alpha value is 2.17. The molecule has 5 heteroatoms. The zero-order valence-electron chi connectivity index (χ0n) is 5.32. The second-order valence-electron chi connectivity index (χ2n) is 0.907. The van der Waals surface area contributed by atoms with Gasteiger partial charge in [-0.05, 0) is 0 Å². The van der Waals surface area contributed by atoms with Crippen LogP contribution in [0.3, 0.4) is 0 Å². The fraction of sp³-hybridized carbons (Fsp3) is 1.00. The normalized spacial score (nSPS) is 7.11. The summed E-state index contributed by atoms with van der Waals surface area (Å²) in [5, 5.41) is 3.97. The molecule has 0 saturated heterocycles. The Morgan fingerprint density at radius 1 is 1.22 bits per heavy atom. The zero-order chi connectivity index (χ0) is 6.83. The standard InChI is InChI=1S/C4H10N.2BrH.2Ru/c1-3-5-4-2;;;;/h3-4H2,1-2H3;2*1H;;/q-1;;;;+2/p-2. The summed E-state index contributed by atoms with van der Waals surface area (Å²) >= 11 is 6.64. The predicted molar refractivity (Wildman–Crippen MR) is 42.3 cm³/mol. The fourth-order valence-electron chi connectivity index (χ4n) is 0.224. The molecule has 1 nitrogen and oxygen atoms in total. The molecule has 0 spiro atoms. The second-order valence-corrected chi connectivity index (χ2v) is 8.92. The Balaban J connectivity index is -0.0000000800. The van der Waals surface area contributed by atoms with Crippen molar-refractivity contribution >= 4 is 27.2 Å². The second kappa shape index (κ2) is 22.5. The van der Waals surface area contributed by atoms with E-state index >= 15 is 0 Å². The van der Waals surface area contributed by atoms with E-state index in [2.05, 4.69) is 32.6 Å². The van der Waals surface area contributed by atoms with E-state index in [0.29, 0.717) is 13.2 Å². The third-order valence-corrected chi connectivity index (χ3v) is 0.447. The average Bonchev–Trinajstić information content (AvgIpc) is 1.71. The average molecular weight is 434 g/mol. The van der Waals surface area contributed by atoms with E-state index in [9.17, 15) is 0 Å². The molecular weight excluding hydrogens is 424 g/mol. The van der Waals surface area contributed by atoms with Crippen LogP contribution in [0.5, 0.6) is 0 Å². The maximum absolute atomic E-state index is 3.97. The van der Waals surface area contributed by atoms with Crippen molar-refractivity contribution in [2.24, 2.45) is 0 Å². The third-order valence-electron chi connectivity index (χ3n) is 0.447. The van der Waals surface area contributed by atoms with Gasteiger partial charge >= 0.3 is 40.5 Å². The maximum atomic E-state index is 3.97. The van der Waals surface area contributed by atoms with Crippen LogP contribution in [-0.4, -0.2) is 13.1 Å². The first-order valence-electron chi connectivity index (χ1n) is 2.31. The molecule has 0 aromatic rings. The van der Waals surface area contributed by atoms with Crippen molar-refractivity contribution in [1.82, 2.24) is 0 Å². The van der Waals surface area contributed by atoms with Crippen molar-refractivity contribution in [3.8, 4) is 0 Å². The molecular formula is C4H10Br2NRu2-. The molecule has 0 fully saturated rings. The number of hydrogen-bond acceptors (Lipinski definition) is 0. The minimum atomic E-state index is 0. The first kappa shape index (κ1) is 17.3.